The van der Waals surface area contributed by atoms with Gasteiger partial charge in [-0.15, -0.1) is 0 Å². The molecule has 0 aromatic heterocycles. The van der Waals surface area contributed by atoms with E-state index in [1.807, 2.05) is 0 Å². The standard InChI is InChI=1S/C18H22F3N/c1-22-9-8-17-7-3-2-4-14(17)16(22)10-12-5-6-13(11-15(12)17)18(19,20)21/h5-6,11,14,16H,2-4,7-10H2,1H3/t14-,16+,17+/m1/s1. The third-order valence-corrected chi connectivity index (χ3v) is 6.44. The molecule has 1 aromatic rings. The minimum atomic E-state index is -4.24. The molecule has 0 spiro atoms. The lowest BCUT2D eigenvalue weighted by molar-refractivity contribution is -0.137. The number of likely N-dealkylation sites (N-methyl/N-ethyl adjacent to an activating group) is 1. The fraction of sp³-hybridized carbons (Fsp3) is 0.667. The molecular formula is C18H22F3N. The van der Waals surface area contributed by atoms with Gasteiger partial charge in [0.15, 0.2) is 0 Å². The van der Waals surface area contributed by atoms with E-state index < -0.39 is 11.7 Å². The van der Waals surface area contributed by atoms with Crippen molar-refractivity contribution in [3.63, 3.8) is 0 Å². The number of alkyl halides is 3. The molecule has 1 aromatic carbocycles. The van der Waals surface area contributed by atoms with Crippen molar-refractivity contribution in [2.45, 2.75) is 56.2 Å². The molecule has 2 fully saturated rings. The van der Waals surface area contributed by atoms with Crippen molar-refractivity contribution in [1.82, 2.24) is 4.90 Å². The maximum Gasteiger partial charge on any atom is 0.416 e. The first kappa shape index (κ1) is 14.6. The van der Waals surface area contributed by atoms with E-state index >= 15 is 0 Å². The van der Waals surface area contributed by atoms with E-state index in [1.165, 1.54) is 25.0 Å². The zero-order chi connectivity index (χ0) is 15.5. The zero-order valence-corrected chi connectivity index (χ0v) is 12.9. The van der Waals surface area contributed by atoms with E-state index in [-0.39, 0.29) is 5.41 Å². The Morgan fingerprint density at radius 1 is 1.18 bits per heavy atom. The molecule has 1 heterocycles. The second-order valence-electron chi connectivity index (χ2n) is 7.38. The lowest BCUT2D eigenvalue weighted by Gasteiger charge is -2.58. The topological polar surface area (TPSA) is 3.24 Å². The molecular weight excluding hydrogens is 287 g/mol. The minimum Gasteiger partial charge on any atom is -0.303 e. The molecule has 2 aliphatic carbocycles. The minimum absolute atomic E-state index is 0.00424. The number of piperidine rings is 1. The monoisotopic (exact) mass is 309 g/mol. The highest BCUT2D eigenvalue weighted by Crippen LogP contribution is 2.56. The van der Waals surface area contributed by atoms with E-state index in [2.05, 4.69) is 11.9 Å². The number of hydrogen-bond acceptors (Lipinski definition) is 1. The predicted molar refractivity (Wildman–Crippen MR) is 79.8 cm³/mol. The van der Waals surface area contributed by atoms with Crippen LogP contribution in [0, 0.1) is 5.92 Å². The Balaban J connectivity index is 1.87. The van der Waals surface area contributed by atoms with Crippen LogP contribution >= 0.6 is 0 Å². The van der Waals surface area contributed by atoms with Gasteiger partial charge < -0.3 is 4.90 Å². The number of halogens is 3. The summed E-state index contributed by atoms with van der Waals surface area (Å²) in [5, 5.41) is 0. The molecule has 0 unspecified atom stereocenters. The van der Waals surface area contributed by atoms with Crippen molar-refractivity contribution in [2.75, 3.05) is 13.6 Å². The molecule has 1 nitrogen and oxygen atoms in total. The Kier molecular flexibility index (Phi) is 3.13. The largest absolute Gasteiger partial charge is 0.416 e. The highest BCUT2D eigenvalue weighted by molar-refractivity contribution is 5.44. The Morgan fingerprint density at radius 3 is 2.77 bits per heavy atom. The quantitative estimate of drug-likeness (QED) is 0.687. The Morgan fingerprint density at radius 2 is 2.00 bits per heavy atom. The predicted octanol–water partition coefficient (Wildman–Crippen LogP) is 4.39. The van der Waals surface area contributed by atoms with Gasteiger partial charge in [-0.3, -0.25) is 0 Å². The average molecular weight is 309 g/mol. The molecule has 3 aliphatic rings. The van der Waals surface area contributed by atoms with Gasteiger partial charge in [0.2, 0.25) is 0 Å². The van der Waals surface area contributed by atoms with Crippen LogP contribution in [0.4, 0.5) is 13.2 Å². The number of hydrogen-bond donors (Lipinski definition) is 0. The van der Waals surface area contributed by atoms with Crippen molar-refractivity contribution in [2.24, 2.45) is 5.92 Å². The maximum atomic E-state index is 13.2. The van der Waals surface area contributed by atoms with Crippen molar-refractivity contribution in [1.29, 1.82) is 0 Å². The van der Waals surface area contributed by atoms with Crippen LogP contribution in [-0.4, -0.2) is 24.5 Å². The highest BCUT2D eigenvalue weighted by Gasteiger charge is 2.53. The van der Waals surface area contributed by atoms with E-state index in [4.69, 9.17) is 0 Å². The fourth-order valence-corrected chi connectivity index (χ4v) is 5.37. The van der Waals surface area contributed by atoms with Gasteiger partial charge in [-0.1, -0.05) is 18.9 Å². The molecule has 22 heavy (non-hydrogen) atoms. The van der Waals surface area contributed by atoms with Crippen LogP contribution in [0.25, 0.3) is 0 Å². The summed E-state index contributed by atoms with van der Waals surface area (Å²) in [4.78, 5) is 2.44. The average Bonchev–Trinajstić information content (AvgIpc) is 2.49. The van der Waals surface area contributed by atoms with E-state index in [0.29, 0.717) is 12.0 Å². The molecule has 3 atom stereocenters. The second kappa shape index (κ2) is 4.73. The lowest BCUT2D eigenvalue weighted by atomic mass is 9.52. The Hall–Kier alpha value is -1.03. The van der Waals surface area contributed by atoms with Gasteiger partial charge >= 0.3 is 6.18 Å². The van der Waals surface area contributed by atoms with E-state index in [0.717, 1.165) is 43.4 Å². The van der Waals surface area contributed by atoms with Crippen LogP contribution in [-0.2, 0) is 18.0 Å². The first-order chi connectivity index (χ1) is 10.4. The molecule has 120 valence electrons. The van der Waals surface area contributed by atoms with Crippen LogP contribution in [0.3, 0.4) is 0 Å². The van der Waals surface area contributed by atoms with Crippen molar-refractivity contribution in [3.8, 4) is 0 Å². The first-order valence-electron chi connectivity index (χ1n) is 8.33. The zero-order valence-electron chi connectivity index (χ0n) is 12.9. The normalized spacial score (nSPS) is 34.9. The van der Waals surface area contributed by atoms with Gasteiger partial charge in [0.1, 0.15) is 0 Å². The number of fused-ring (bicyclic) bond motifs is 1. The molecule has 4 rings (SSSR count). The molecule has 0 radical (unpaired) electrons. The first-order valence-corrected chi connectivity index (χ1v) is 8.33. The van der Waals surface area contributed by atoms with Crippen LogP contribution in [0.1, 0.15) is 48.8 Å². The van der Waals surface area contributed by atoms with Crippen LogP contribution < -0.4 is 0 Å². The number of nitrogens with zero attached hydrogens (tertiary/aromatic N) is 1. The number of likely N-dealkylation sites (tertiary alicyclic amines) is 1. The molecule has 0 N–H and O–H groups in total. The Labute approximate surface area is 129 Å². The molecule has 1 aliphatic heterocycles. The van der Waals surface area contributed by atoms with Gasteiger partial charge in [-0.25, -0.2) is 0 Å². The molecule has 1 saturated heterocycles. The summed E-state index contributed by atoms with van der Waals surface area (Å²) in [5.74, 6) is 0.538. The van der Waals surface area contributed by atoms with Crippen LogP contribution in [0.2, 0.25) is 0 Å². The van der Waals surface area contributed by atoms with E-state index in [1.54, 1.807) is 6.07 Å². The second-order valence-corrected chi connectivity index (χ2v) is 7.38. The summed E-state index contributed by atoms with van der Waals surface area (Å²) >= 11 is 0. The lowest BCUT2D eigenvalue weighted by Crippen LogP contribution is -2.59. The van der Waals surface area contributed by atoms with Gasteiger partial charge in [0.05, 0.1) is 5.56 Å². The summed E-state index contributed by atoms with van der Waals surface area (Å²) in [7, 11) is 2.18. The summed E-state index contributed by atoms with van der Waals surface area (Å²) in [6.45, 7) is 1.01. The van der Waals surface area contributed by atoms with Crippen molar-refractivity contribution >= 4 is 0 Å². The number of benzene rings is 1. The van der Waals surface area contributed by atoms with Gasteiger partial charge in [0.25, 0.3) is 0 Å². The highest BCUT2D eigenvalue weighted by atomic mass is 19.4. The third kappa shape index (κ3) is 1.96. The summed E-state index contributed by atoms with van der Waals surface area (Å²) in [6, 6.07) is 5.01. The van der Waals surface area contributed by atoms with Crippen LogP contribution in [0.5, 0.6) is 0 Å². The summed E-state index contributed by atoms with van der Waals surface area (Å²) in [6.07, 6.45) is 2.31. The van der Waals surface area contributed by atoms with E-state index in [9.17, 15) is 13.2 Å². The fourth-order valence-electron chi connectivity index (χ4n) is 5.37. The molecule has 0 amide bonds. The van der Waals surface area contributed by atoms with Crippen LogP contribution in [0.15, 0.2) is 18.2 Å². The van der Waals surface area contributed by atoms with Crippen molar-refractivity contribution < 1.29 is 13.2 Å². The van der Waals surface area contributed by atoms with Gasteiger partial charge in [-0.05, 0) is 68.5 Å². The molecule has 1 saturated carbocycles. The van der Waals surface area contributed by atoms with Gasteiger partial charge in [-0.2, -0.15) is 13.2 Å². The maximum absolute atomic E-state index is 13.2. The summed E-state index contributed by atoms with van der Waals surface area (Å²) < 4.78 is 39.5. The SMILES string of the molecule is CN1CC[C@@]23CCCC[C@@H]2[C@@H]1Cc1ccc(C(F)(F)F)cc13. The third-order valence-electron chi connectivity index (χ3n) is 6.44. The number of rotatable bonds is 0. The van der Waals surface area contributed by atoms with Gasteiger partial charge in [0, 0.05) is 11.5 Å². The molecule has 4 heteroatoms. The van der Waals surface area contributed by atoms with Crippen molar-refractivity contribution in [3.05, 3.63) is 34.9 Å². The Bertz CT molecular complexity index is 594. The smallest absolute Gasteiger partial charge is 0.303 e. The summed E-state index contributed by atoms with van der Waals surface area (Å²) in [5.41, 5.74) is 1.71. The molecule has 2 bridgehead atoms.